The lowest BCUT2D eigenvalue weighted by Crippen LogP contribution is -2.24. The highest BCUT2D eigenvalue weighted by Gasteiger charge is 2.31. The maximum atomic E-state index is 11.4. The lowest BCUT2D eigenvalue weighted by molar-refractivity contribution is -0.141. The Morgan fingerprint density at radius 1 is 1.32 bits per heavy atom. The first-order chi connectivity index (χ1) is 9.08. The van der Waals surface area contributed by atoms with E-state index < -0.39 is 5.97 Å². The minimum absolute atomic E-state index is 0.128. The molecule has 0 amide bonds. The molecule has 2 rings (SSSR count). The van der Waals surface area contributed by atoms with Crippen molar-refractivity contribution in [2.24, 2.45) is 5.92 Å². The number of aromatic nitrogens is 2. The zero-order chi connectivity index (χ0) is 13.8. The van der Waals surface area contributed by atoms with Crippen molar-refractivity contribution in [3.05, 3.63) is 0 Å². The summed E-state index contributed by atoms with van der Waals surface area (Å²) < 4.78 is 0.877. The Hall–Kier alpha value is -0.820. The van der Waals surface area contributed by atoms with Gasteiger partial charge in [-0.1, -0.05) is 42.4 Å². The van der Waals surface area contributed by atoms with E-state index >= 15 is 0 Å². The largest absolute Gasteiger partial charge is 0.481 e. The van der Waals surface area contributed by atoms with E-state index in [1.807, 2.05) is 19.0 Å². The van der Waals surface area contributed by atoms with Crippen LogP contribution in [0.4, 0.5) is 5.13 Å². The van der Waals surface area contributed by atoms with Gasteiger partial charge in [-0.3, -0.25) is 4.79 Å². The molecule has 5 nitrogen and oxygen atoms in total. The van der Waals surface area contributed by atoms with Gasteiger partial charge >= 0.3 is 5.97 Å². The highest BCUT2D eigenvalue weighted by Crippen LogP contribution is 2.38. The molecule has 0 aliphatic heterocycles. The van der Waals surface area contributed by atoms with Crippen LogP contribution in [0, 0.1) is 5.92 Å². The van der Waals surface area contributed by atoms with Gasteiger partial charge in [0.1, 0.15) is 0 Å². The fourth-order valence-corrected chi connectivity index (χ4v) is 4.59. The van der Waals surface area contributed by atoms with Crippen molar-refractivity contribution in [1.29, 1.82) is 0 Å². The second-order valence-electron chi connectivity index (χ2n) is 4.98. The third kappa shape index (κ3) is 3.82. The molecular formula is C12H19N3O2S2. The lowest BCUT2D eigenvalue weighted by atomic mass is 10.0. The van der Waals surface area contributed by atoms with Crippen molar-refractivity contribution in [2.75, 3.05) is 19.0 Å². The number of hydrogen-bond donors (Lipinski definition) is 1. The molecule has 1 saturated carbocycles. The Labute approximate surface area is 121 Å². The van der Waals surface area contributed by atoms with Crippen LogP contribution in [0.5, 0.6) is 0 Å². The number of rotatable bonds is 4. The summed E-state index contributed by atoms with van der Waals surface area (Å²) in [7, 11) is 3.86. The van der Waals surface area contributed by atoms with Crippen molar-refractivity contribution in [1.82, 2.24) is 10.2 Å². The van der Waals surface area contributed by atoms with Crippen LogP contribution in [0.2, 0.25) is 0 Å². The smallest absolute Gasteiger partial charge is 0.307 e. The van der Waals surface area contributed by atoms with E-state index in [1.165, 1.54) is 11.3 Å². The molecule has 1 aromatic heterocycles. The minimum Gasteiger partial charge on any atom is -0.481 e. The Morgan fingerprint density at radius 2 is 2.05 bits per heavy atom. The maximum Gasteiger partial charge on any atom is 0.307 e. The Kier molecular flexibility index (Phi) is 5.04. The van der Waals surface area contributed by atoms with Gasteiger partial charge in [0.2, 0.25) is 5.13 Å². The van der Waals surface area contributed by atoms with Gasteiger partial charge in [0.25, 0.3) is 0 Å². The molecule has 2 unspecified atom stereocenters. The average Bonchev–Trinajstić information content (AvgIpc) is 2.68. The average molecular weight is 301 g/mol. The molecule has 0 spiro atoms. The normalized spacial score (nSPS) is 23.9. The molecule has 0 saturated heterocycles. The van der Waals surface area contributed by atoms with Gasteiger partial charge in [0.05, 0.1) is 5.92 Å². The number of carbonyl (C=O) groups is 1. The molecule has 1 fully saturated rings. The summed E-state index contributed by atoms with van der Waals surface area (Å²) in [5, 5.41) is 18.6. The quantitative estimate of drug-likeness (QED) is 0.863. The Morgan fingerprint density at radius 3 is 2.68 bits per heavy atom. The van der Waals surface area contributed by atoms with E-state index in [9.17, 15) is 9.90 Å². The van der Waals surface area contributed by atoms with Crippen molar-refractivity contribution in [3.8, 4) is 0 Å². The van der Waals surface area contributed by atoms with Gasteiger partial charge < -0.3 is 10.0 Å². The summed E-state index contributed by atoms with van der Waals surface area (Å²) in [5.74, 6) is -0.920. The van der Waals surface area contributed by atoms with Crippen LogP contribution in [0.15, 0.2) is 4.34 Å². The number of anilines is 1. The molecule has 0 bridgehead atoms. The summed E-state index contributed by atoms with van der Waals surface area (Å²) in [6, 6.07) is 0. The summed E-state index contributed by atoms with van der Waals surface area (Å²) in [4.78, 5) is 13.3. The third-order valence-electron chi connectivity index (χ3n) is 3.30. The molecule has 1 aliphatic rings. The van der Waals surface area contributed by atoms with Crippen LogP contribution >= 0.6 is 23.1 Å². The Balaban J connectivity index is 2.07. The molecule has 0 aromatic carbocycles. The zero-order valence-electron chi connectivity index (χ0n) is 11.2. The standard InChI is InChI=1S/C12H19N3O2S2/c1-15(2)11-13-14-12(19-11)18-9-7-5-3-4-6-8(9)10(16)17/h8-9H,3-7H2,1-2H3,(H,16,17). The van der Waals surface area contributed by atoms with Gasteiger partial charge in [-0.05, 0) is 12.8 Å². The maximum absolute atomic E-state index is 11.4. The molecule has 1 aliphatic carbocycles. The van der Waals surface area contributed by atoms with Crippen molar-refractivity contribution in [2.45, 2.75) is 41.7 Å². The van der Waals surface area contributed by atoms with E-state index in [-0.39, 0.29) is 11.2 Å². The van der Waals surface area contributed by atoms with Crippen molar-refractivity contribution < 1.29 is 9.90 Å². The van der Waals surface area contributed by atoms with Gasteiger partial charge in [0.15, 0.2) is 4.34 Å². The predicted molar refractivity (Wildman–Crippen MR) is 78.1 cm³/mol. The van der Waals surface area contributed by atoms with Crippen LogP contribution < -0.4 is 4.90 Å². The molecule has 1 aromatic rings. The number of aliphatic carboxylic acids is 1. The fourth-order valence-electron chi connectivity index (χ4n) is 2.26. The topological polar surface area (TPSA) is 66.3 Å². The molecule has 19 heavy (non-hydrogen) atoms. The van der Waals surface area contributed by atoms with E-state index in [0.29, 0.717) is 0 Å². The number of carboxylic acid groups (broad SMARTS) is 1. The van der Waals surface area contributed by atoms with Crippen LogP contribution in [0.1, 0.15) is 32.1 Å². The first-order valence-corrected chi connectivity index (χ1v) is 8.18. The summed E-state index contributed by atoms with van der Waals surface area (Å²) in [6.45, 7) is 0. The summed E-state index contributed by atoms with van der Waals surface area (Å²) in [5.41, 5.74) is 0. The van der Waals surface area contributed by atoms with Crippen LogP contribution in [0.25, 0.3) is 0 Å². The molecule has 1 heterocycles. The van der Waals surface area contributed by atoms with Crippen LogP contribution in [-0.2, 0) is 4.79 Å². The van der Waals surface area contributed by atoms with Crippen LogP contribution in [0.3, 0.4) is 0 Å². The van der Waals surface area contributed by atoms with E-state index in [2.05, 4.69) is 10.2 Å². The molecular weight excluding hydrogens is 282 g/mol. The van der Waals surface area contributed by atoms with Gasteiger partial charge in [-0.25, -0.2) is 0 Å². The van der Waals surface area contributed by atoms with E-state index in [0.717, 1.165) is 41.6 Å². The molecule has 1 N–H and O–H groups in total. The molecule has 7 heteroatoms. The van der Waals surface area contributed by atoms with E-state index in [1.54, 1.807) is 11.8 Å². The fraction of sp³-hybridized carbons (Fsp3) is 0.750. The highest BCUT2D eigenvalue weighted by atomic mass is 32.2. The Bertz CT molecular complexity index is 436. The van der Waals surface area contributed by atoms with Crippen molar-refractivity contribution in [3.63, 3.8) is 0 Å². The molecule has 0 radical (unpaired) electrons. The number of nitrogens with zero attached hydrogens (tertiary/aromatic N) is 3. The number of thioether (sulfide) groups is 1. The number of carboxylic acids is 1. The van der Waals surface area contributed by atoms with Crippen molar-refractivity contribution >= 4 is 34.2 Å². The predicted octanol–water partition coefficient (Wildman–Crippen LogP) is 2.73. The van der Waals surface area contributed by atoms with Gasteiger partial charge in [-0.2, -0.15) is 0 Å². The zero-order valence-corrected chi connectivity index (χ0v) is 12.8. The van der Waals surface area contributed by atoms with Gasteiger partial charge in [0, 0.05) is 19.3 Å². The third-order valence-corrected chi connectivity index (χ3v) is 5.87. The SMILES string of the molecule is CN(C)c1nnc(SC2CCCCCC2C(=O)O)s1. The van der Waals surface area contributed by atoms with E-state index in [4.69, 9.17) is 0 Å². The van der Waals surface area contributed by atoms with Gasteiger partial charge in [-0.15, -0.1) is 10.2 Å². The second-order valence-corrected chi connectivity index (χ2v) is 7.43. The lowest BCUT2D eigenvalue weighted by Gasteiger charge is -2.19. The minimum atomic E-state index is -0.670. The first-order valence-electron chi connectivity index (χ1n) is 6.48. The number of hydrogen-bond acceptors (Lipinski definition) is 6. The molecule has 2 atom stereocenters. The van der Waals surface area contributed by atoms with Crippen LogP contribution in [-0.4, -0.2) is 40.6 Å². The highest BCUT2D eigenvalue weighted by molar-refractivity contribution is 8.01. The summed E-state index contributed by atoms with van der Waals surface area (Å²) in [6.07, 6.45) is 5.01. The second kappa shape index (κ2) is 6.56. The molecule has 106 valence electrons. The first kappa shape index (κ1) is 14.6. The summed E-state index contributed by atoms with van der Waals surface area (Å²) >= 11 is 3.12. The monoisotopic (exact) mass is 301 g/mol.